The molecule has 2 N–H and O–H groups in total. The summed E-state index contributed by atoms with van der Waals surface area (Å²) in [7, 11) is 1.60. The van der Waals surface area contributed by atoms with E-state index in [1.54, 1.807) is 41.3 Å². The smallest absolute Gasteiger partial charge is 0.251 e. The minimum Gasteiger partial charge on any atom is -0.383 e. The number of rotatable bonds is 13. The average Bonchev–Trinajstić information content (AvgIpc) is 3.66. The molecule has 0 radical (unpaired) electrons. The van der Waals surface area contributed by atoms with Crippen LogP contribution in [0.25, 0.3) is 27.5 Å². The maximum absolute atomic E-state index is 13.5. The summed E-state index contributed by atoms with van der Waals surface area (Å²) >= 11 is 1.62. The number of fused-ring (bicyclic) bond motifs is 1. The lowest BCUT2D eigenvalue weighted by molar-refractivity contribution is -0.123. The maximum Gasteiger partial charge on any atom is 0.251 e. The lowest BCUT2D eigenvalue weighted by Crippen LogP contribution is -2.57. The summed E-state index contributed by atoms with van der Waals surface area (Å²) in [4.78, 5) is 41.5. The van der Waals surface area contributed by atoms with Crippen LogP contribution in [0.2, 0.25) is 0 Å². The van der Waals surface area contributed by atoms with Gasteiger partial charge in [-0.1, -0.05) is 19.9 Å². The Hall–Kier alpha value is -3.87. The summed E-state index contributed by atoms with van der Waals surface area (Å²) in [5, 5.41) is 12.5. The highest BCUT2D eigenvalue weighted by molar-refractivity contribution is 7.13. The van der Waals surface area contributed by atoms with E-state index in [4.69, 9.17) is 14.7 Å². The predicted octanol–water partition coefficient (Wildman–Crippen LogP) is 3.32. The number of anilines is 1. The first-order chi connectivity index (χ1) is 20.4. The zero-order chi connectivity index (χ0) is 29.6. The Morgan fingerprint density at radius 3 is 2.69 bits per heavy atom. The molecule has 42 heavy (non-hydrogen) atoms. The van der Waals surface area contributed by atoms with Crippen molar-refractivity contribution in [2.45, 2.75) is 39.3 Å². The van der Waals surface area contributed by atoms with Crippen molar-refractivity contribution in [3.8, 4) is 21.8 Å². The second-order valence-corrected chi connectivity index (χ2v) is 11.2. The molecule has 5 heterocycles. The molecule has 0 spiro atoms. The van der Waals surface area contributed by atoms with E-state index < -0.39 is 0 Å². The van der Waals surface area contributed by atoms with Gasteiger partial charge in [-0.25, -0.2) is 14.5 Å². The normalized spacial score (nSPS) is 15.5. The fourth-order valence-corrected chi connectivity index (χ4v) is 5.89. The number of ether oxygens (including phenoxy) is 1. The van der Waals surface area contributed by atoms with Gasteiger partial charge < -0.3 is 20.3 Å². The van der Waals surface area contributed by atoms with Gasteiger partial charge in [-0.3, -0.25) is 14.5 Å². The molecule has 1 aliphatic rings. The number of nitrogens with one attached hydrogen (secondary N) is 2. The SMILES string of the molecule is CCN(CC)C(C)CNC(=O)c1cc(-c2cnn3ccc(-c4cccs4)nc23)nc(N2CC[C@H]2C(=O)NCCOC)c1. The van der Waals surface area contributed by atoms with Crippen LogP contribution in [0.15, 0.2) is 48.1 Å². The fourth-order valence-electron chi connectivity index (χ4n) is 5.19. The summed E-state index contributed by atoms with van der Waals surface area (Å²) in [6.07, 6.45) is 4.31. The third-order valence-corrected chi connectivity index (χ3v) is 8.60. The van der Waals surface area contributed by atoms with Gasteiger partial charge >= 0.3 is 0 Å². The minimum atomic E-state index is -0.365. The first-order valence-electron chi connectivity index (χ1n) is 14.4. The van der Waals surface area contributed by atoms with Crippen LogP contribution in [0.4, 0.5) is 5.82 Å². The van der Waals surface area contributed by atoms with Crippen LogP contribution in [0.1, 0.15) is 37.6 Å². The molecule has 1 aliphatic heterocycles. The molecule has 2 atom stereocenters. The summed E-state index contributed by atoms with van der Waals surface area (Å²) in [5.41, 5.74) is 3.24. The van der Waals surface area contributed by atoms with Gasteiger partial charge in [0.25, 0.3) is 5.91 Å². The summed E-state index contributed by atoms with van der Waals surface area (Å²) in [6, 6.07) is 9.34. The van der Waals surface area contributed by atoms with Crippen molar-refractivity contribution < 1.29 is 14.3 Å². The van der Waals surface area contributed by atoms with Crippen LogP contribution in [-0.2, 0) is 9.53 Å². The second-order valence-electron chi connectivity index (χ2n) is 10.3. The third-order valence-electron chi connectivity index (χ3n) is 7.71. The Morgan fingerprint density at radius 2 is 2.00 bits per heavy atom. The highest BCUT2D eigenvalue weighted by Gasteiger charge is 2.35. The van der Waals surface area contributed by atoms with Gasteiger partial charge in [-0.2, -0.15) is 5.10 Å². The van der Waals surface area contributed by atoms with Crippen molar-refractivity contribution in [2.24, 2.45) is 0 Å². The number of hydrogen-bond donors (Lipinski definition) is 2. The Labute approximate surface area is 249 Å². The van der Waals surface area contributed by atoms with Crippen LogP contribution >= 0.6 is 11.3 Å². The van der Waals surface area contributed by atoms with Crippen molar-refractivity contribution in [3.05, 3.63) is 53.7 Å². The zero-order valence-corrected chi connectivity index (χ0v) is 25.4. The number of nitrogens with zero attached hydrogens (tertiary/aromatic N) is 6. The number of methoxy groups -OCH3 is 1. The highest BCUT2D eigenvalue weighted by atomic mass is 32.1. The molecule has 1 saturated heterocycles. The van der Waals surface area contributed by atoms with Crippen LogP contribution in [0, 0.1) is 0 Å². The molecule has 0 aliphatic carbocycles. The molecular formula is C30H38N8O3S. The molecule has 222 valence electrons. The Bertz CT molecular complexity index is 1520. The van der Waals surface area contributed by atoms with Gasteiger partial charge in [0.2, 0.25) is 5.91 Å². The van der Waals surface area contributed by atoms with Crippen molar-refractivity contribution in [1.82, 2.24) is 35.1 Å². The van der Waals surface area contributed by atoms with E-state index in [2.05, 4.69) is 41.4 Å². The van der Waals surface area contributed by atoms with Gasteiger partial charge in [0.1, 0.15) is 11.9 Å². The zero-order valence-electron chi connectivity index (χ0n) is 24.5. The second kappa shape index (κ2) is 13.4. The highest BCUT2D eigenvalue weighted by Crippen LogP contribution is 2.32. The Kier molecular flexibility index (Phi) is 9.45. The Balaban J connectivity index is 1.49. The largest absolute Gasteiger partial charge is 0.383 e. The quantitative estimate of drug-likeness (QED) is 0.228. The van der Waals surface area contributed by atoms with Gasteiger partial charge in [0.05, 0.1) is 34.6 Å². The van der Waals surface area contributed by atoms with E-state index in [0.717, 1.165) is 23.7 Å². The first kappa shape index (κ1) is 29.6. The van der Waals surface area contributed by atoms with Crippen LogP contribution in [0.3, 0.4) is 0 Å². The minimum absolute atomic E-state index is 0.0807. The molecule has 0 aromatic carbocycles. The third kappa shape index (κ3) is 6.30. The van der Waals surface area contributed by atoms with E-state index >= 15 is 0 Å². The molecular weight excluding hydrogens is 552 g/mol. The molecule has 5 rings (SSSR count). The first-order valence-corrected chi connectivity index (χ1v) is 15.3. The molecule has 1 unspecified atom stereocenters. The van der Waals surface area contributed by atoms with Gasteiger partial charge in [-0.15, -0.1) is 11.3 Å². The van der Waals surface area contributed by atoms with Crippen molar-refractivity contribution in [1.29, 1.82) is 0 Å². The van der Waals surface area contributed by atoms with Crippen molar-refractivity contribution in [2.75, 3.05) is 51.3 Å². The number of aromatic nitrogens is 4. The molecule has 11 nitrogen and oxygen atoms in total. The number of pyridine rings is 1. The van der Waals surface area contributed by atoms with E-state index in [1.165, 1.54) is 0 Å². The number of thiophene rings is 1. The van der Waals surface area contributed by atoms with Crippen LogP contribution in [-0.4, -0.2) is 94.8 Å². The van der Waals surface area contributed by atoms with Crippen molar-refractivity contribution >= 4 is 34.6 Å². The molecule has 1 fully saturated rings. The lowest BCUT2D eigenvalue weighted by atomic mass is 10.0. The summed E-state index contributed by atoms with van der Waals surface area (Å²) in [5.74, 6) is 0.299. The number of hydrogen-bond acceptors (Lipinski definition) is 9. The predicted molar refractivity (Wildman–Crippen MR) is 165 cm³/mol. The Morgan fingerprint density at radius 1 is 1.17 bits per heavy atom. The maximum atomic E-state index is 13.5. The monoisotopic (exact) mass is 590 g/mol. The van der Waals surface area contributed by atoms with Crippen LogP contribution < -0.4 is 15.5 Å². The number of carbonyl (C=O) groups excluding carboxylic acids is 2. The van der Waals surface area contributed by atoms with Gasteiger partial charge in [-0.05, 0) is 56.1 Å². The van der Waals surface area contributed by atoms with Crippen molar-refractivity contribution in [3.63, 3.8) is 0 Å². The number of carbonyl (C=O) groups is 2. The van der Waals surface area contributed by atoms with Crippen LogP contribution in [0.5, 0.6) is 0 Å². The molecule has 4 aromatic rings. The standard InChI is InChI=1S/C30H38N8O3S/c1-5-36(6-2)20(3)18-32-29(39)21-16-24(34-27(17-21)37-12-10-25(37)30(40)31-11-14-41-4)22-19-33-38-13-9-23(35-28(22)38)26-8-7-15-42-26/h7-9,13,15-17,19-20,25H,5-6,10-12,14,18H2,1-4H3,(H,31,40)(H,32,39)/t20?,25-/m0/s1. The molecule has 4 aromatic heterocycles. The van der Waals surface area contributed by atoms with Gasteiger partial charge in [0.15, 0.2) is 5.65 Å². The van der Waals surface area contributed by atoms with E-state index in [0.29, 0.717) is 60.9 Å². The van der Waals surface area contributed by atoms with E-state index in [-0.39, 0.29) is 23.9 Å². The summed E-state index contributed by atoms with van der Waals surface area (Å²) in [6.45, 7) is 10.2. The number of likely N-dealkylation sites (N-methyl/N-ethyl adjacent to an activating group) is 1. The summed E-state index contributed by atoms with van der Waals surface area (Å²) < 4.78 is 6.78. The van der Waals surface area contributed by atoms with E-state index in [1.807, 2.05) is 34.7 Å². The average molecular weight is 591 g/mol. The van der Waals surface area contributed by atoms with E-state index in [9.17, 15) is 9.59 Å². The fraction of sp³-hybridized carbons (Fsp3) is 0.433. The number of amides is 2. The lowest BCUT2D eigenvalue weighted by Gasteiger charge is -2.41. The molecule has 2 amide bonds. The topological polar surface area (TPSA) is 117 Å². The van der Waals surface area contributed by atoms with Gasteiger partial charge in [0, 0.05) is 44.5 Å². The molecule has 0 bridgehead atoms. The molecule has 0 saturated carbocycles. The molecule has 12 heteroatoms.